The minimum absolute atomic E-state index is 0.0398. The Balaban J connectivity index is 2.17. The normalized spacial score (nSPS) is 10.9. The maximum absolute atomic E-state index is 11.5. The van der Waals surface area contributed by atoms with Crippen molar-refractivity contribution in [2.75, 3.05) is 0 Å². The van der Waals surface area contributed by atoms with E-state index in [-0.39, 0.29) is 5.78 Å². The van der Waals surface area contributed by atoms with Crippen LogP contribution in [0.4, 0.5) is 0 Å². The van der Waals surface area contributed by atoms with Crippen molar-refractivity contribution in [2.45, 2.75) is 13.8 Å². The fraction of sp³-hybridized carbons (Fsp3) is 0.133. The number of fused-ring (bicyclic) bond motifs is 1. The van der Waals surface area contributed by atoms with E-state index in [1.807, 2.05) is 37.3 Å². The van der Waals surface area contributed by atoms with Gasteiger partial charge in [-0.05, 0) is 25.1 Å². The zero-order valence-corrected chi connectivity index (χ0v) is 12.7. The van der Waals surface area contributed by atoms with Crippen LogP contribution in [0.25, 0.3) is 16.9 Å². The minimum atomic E-state index is -0.0398. The highest BCUT2D eigenvalue weighted by Gasteiger charge is 2.10. The Kier molecular flexibility index (Phi) is 3.14. The molecular formula is C15H12BrN3O. The fourth-order valence-electron chi connectivity index (χ4n) is 2.07. The zero-order chi connectivity index (χ0) is 14.3. The third-order valence-electron chi connectivity index (χ3n) is 3.11. The van der Waals surface area contributed by atoms with Crippen molar-refractivity contribution < 1.29 is 4.79 Å². The highest BCUT2D eigenvalue weighted by atomic mass is 79.9. The van der Waals surface area contributed by atoms with Gasteiger partial charge >= 0.3 is 0 Å². The lowest BCUT2D eigenvalue weighted by atomic mass is 10.2. The first-order valence-corrected chi connectivity index (χ1v) is 6.98. The molecule has 0 atom stereocenters. The molecule has 0 amide bonds. The van der Waals surface area contributed by atoms with Crippen LogP contribution < -0.4 is 0 Å². The van der Waals surface area contributed by atoms with Gasteiger partial charge in [-0.3, -0.25) is 4.79 Å². The van der Waals surface area contributed by atoms with E-state index in [1.54, 1.807) is 10.6 Å². The molecule has 0 radical (unpaired) electrons. The number of carbonyl (C=O) groups is 1. The molecule has 0 saturated carbocycles. The van der Waals surface area contributed by atoms with Gasteiger partial charge in [-0.15, -0.1) is 0 Å². The minimum Gasteiger partial charge on any atom is -0.293 e. The second kappa shape index (κ2) is 4.83. The van der Waals surface area contributed by atoms with Crippen LogP contribution in [0, 0.1) is 6.92 Å². The van der Waals surface area contributed by atoms with Crippen LogP contribution in [0.5, 0.6) is 0 Å². The van der Waals surface area contributed by atoms with Gasteiger partial charge in [0.2, 0.25) is 0 Å². The molecule has 0 aliphatic heterocycles. The zero-order valence-electron chi connectivity index (χ0n) is 11.1. The molecule has 0 bridgehead atoms. The van der Waals surface area contributed by atoms with Crippen LogP contribution >= 0.6 is 15.9 Å². The monoisotopic (exact) mass is 329 g/mol. The first kappa shape index (κ1) is 13.0. The number of ketones is 1. The number of rotatable bonds is 2. The summed E-state index contributed by atoms with van der Waals surface area (Å²) in [5.41, 5.74) is 3.91. The molecule has 0 aliphatic rings. The predicted molar refractivity (Wildman–Crippen MR) is 80.9 cm³/mol. The summed E-state index contributed by atoms with van der Waals surface area (Å²) in [6.45, 7) is 3.43. The van der Waals surface area contributed by atoms with E-state index in [0.717, 1.165) is 21.4 Å². The summed E-state index contributed by atoms with van der Waals surface area (Å²) in [6, 6.07) is 11.6. The van der Waals surface area contributed by atoms with Crippen LogP contribution in [0.3, 0.4) is 0 Å². The van der Waals surface area contributed by atoms with E-state index in [1.165, 1.54) is 6.92 Å². The van der Waals surface area contributed by atoms with Crippen molar-refractivity contribution in [1.29, 1.82) is 0 Å². The van der Waals surface area contributed by atoms with E-state index in [0.29, 0.717) is 11.3 Å². The first-order valence-electron chi connectivity index (χ1n) is 6.19. The van der Waals surface area contributed by atoms with E-state index < -0.39 is 0 Å². The van der Waals surface area contributed by atoms with Crippen LogP contribution in [0.1, 0.15) is 23.1 Å². The van der Waals surface area contributed by atoms with Crippen LogP contribution in [0.15, 0.2) is 40.9 Å². The number of aryl methyl sites for hydroxylation is 1. The molecule has 2 aromatic heterocycles. The smallest absolute Gasteiger partial charge is 0.178 e. The number of carbonyl (C=O) groups excluding carboxylic acids is 1. The number of nitrogens with zero attached hydrogens (tertiary/aromatic N) is 3. The Hall–Kier alpha value is -2.01. The van der Waals surface area contributed by atoms with Crippen molar-refractivity contribution in [2.24, 2.45) is 0 Å². The molecule has 2 heterocycles. The van der Waals surface area contributed by atoms with E-state index in [2.05, 4.69) is 26.0 Å². The van der Waals surface area contributed by atoms with Gasteiger partial charge in [0.15, 0.2) is 11.4 Å². The maximum atomic E-state index is 11.5. The molecule has 3 rings (SSSR count). The molecule has 20 heavy (non-hydrogen) atoms. The Labute approximate surface area is 124 Å². The Morgan fingerprint density at radius 1 is 1.20 bits per heavy atom. The lowest BCUT2D eigenvalue weighted by Crippen LogP contribution is -2.03. The Bertz CT molecular complexity index is 806. The average molecular weight is 330 g/mol. The molecule has 5 heteroatoms. The number of hydrogen-bond donors (Lipinski definition) is 0. The summed E-state index contributed by atoms with van der Waals surface area (Å²) in [7, 11) is 0. The molecule has 0 unspecified atom stereocenters. The molecule has 3 aromatic rings. The van der Waals surface area contributed by atoms with Gasteiger partial charge in [0, 0.05) is 28.7 Å². The molecule has 4 nitrogen and oxygen atoms in total. The number of Topliss-reactive ketones (excluding diaryl/α,β-unsaturated/α-hetero) is 1. The highest BCUT2D eigenvalue weighted by molar-refractivity contribution is 9.10. The van der Waals surface area contributed by atoms with E-state index >= 15 is 0 Å². The summed E-state index contributed by atoms with van der Waals surface area (Å²) < 4.78 is 2.78. The molecule has 100 valence electrons. The molecule has 0 N–H and O–H groups in total. The number of halogens is 1. The molecule has 0 saturated heterocycles. The van der Waals surface area contributed by atoms with Crippen molar-refractivity contribution in [3.05, 3.63) is 52.3 Å². The average Bonchev–Trinajstić information content (AvgIpc) is 2.84. The first-order chi connectivity index (χ1) is 9.54. The summed E-state index contributed by atoms with van der Waals surface area (Å²) in [4.78, 5) is 15.8. The SMILES string of the molecule is CC(=O)c1cc(C)n2nc(-c3ccc(Br)cc3)cc2n1. The molecular weight excluding hydrogens is 318 g/mol. The van der Waals surface area contributed by atoms with E-state index in [9.17, 15) is 4.79 Å². The van der Waals surface area contributed by atoms with Crippen molar-refractivity contribution in [3.63, 3.8) is 0 Å². The molecule has 1 aromatic carbocycles. The summed E-state index contributed by atoms with van der Waals surface area (Å²) in [6.07, 6.45) is 0. The van der Waals surface area contributed by atoms with Gasteiger partial charge in [0.1, 0.15) is 5.69 Å². The highest BCUT2D eigenvalue weighted by Crippen LogP contribution is 2.22. The van der Waals surface area contributed by atoms with Gasteiger partial charge in [-0.1, -0.05) is 28.1 Å². The Morgan fingerprint density at radius 2 is 1.90 bits per heavy atom. The lowest BCUT2D eigenvalue weighted by molar-refractivity contribution is 0.101. The van der Waals surface area contributed by atoms with Crippen LogP contribution in [0.2, 0.25) is 0 Å². The second-order valence-corrected chi connectivity index (χ2v) is 5.56. The Morgan fingerprint density at radius 3 is 2.55 bits per heavy atom. The quantitative estimate of drug-likeness (QED) is 0.674. The summed E-state index contributed by atoms with van der Waals surface area (Å²) in [5.74, 6) is -0.0398. The lowest BCUT2D eigenvalue weighted by Gasteiger charge is -2.00. The van der Waals surface area contributed by atoms with Crippen molar-refractivity contribution >= 4 is 27.4 Å². The van der Waals surface area contributed by atoms with Crippen molar-refractivity contribution in [3.8, 4) is 11.3 Å². The third-order valence-corrected chi connectivity index (χ3v) is 3.63. The van der Waals surface area contributed by atoms with Gasteiger partial charge < -0.3 is 0 Å². The summed E-state index contributed by atoms with van der Waals surface area (Å²) >= 11 is 3.41. The number of hydrogen-bond acceptors (Lipinski definition) is 3. The third kappa shape index (κ3) is 2.25. The topological polar surface area (TPSA) is 47.3 Å². The molecule has 0 spiro atoms. The number of benzene rings is 1. The van der Waals surface area contributed by atoms with Crippen molar-refractivity contribution in [1.82, 2.24) is 14.6 Å². The molecule has 0 fully saturated rings. The van der Waals surface area contributed by atoms with E-state index in [4.69, 9.17) is 0 Å². The van der Waals surface area contributed by atoms with Gasteiger partial charge in [-0.25, -0.2) is 9.50 Å². The second-order valence-electron chi connectivity index (χ2n) is 4.65. The number of aromatic nitrogens is 3. The standard InChI is InChI=1S/C15H12BrN3O/c1-9-7-13(10(2)20)17-15-8-14(18-19(9)15)11-3-5-12(16)6-4-11/h3-8H,1-2H3. The van der Waals surface area contributed by atoms with Gasteiger partial charge in [0.05, 0.1) is 5.69 Å². The molecule has 0 aliphatic carbocycles. The van der Waals surface area contributed by atoms with Crippen LogP contribution in [-0.2, 0) is 0 Å². The van der Waals surface area contributed by atoms with Gasteiger partial charge in [0.25, 0.3) is 0 Å². The largest absolute Gasteiger partial charge is 0.293 e. The predicted octanol–water partition coefficient (Wildman–Crippen LogP) is 3.67. The summed E-state index contributed by atoms with van der Waals surface area (Å²) in [5, 5.41) is 4.54. The van der Waals surface area contributed by atoms with Crippen LogP contribution in [-0.4, -0.2) is 20.4 Å². The van der Waals surface area contributed by atoms with Gasteiger partial charge in [-0.2, -0.15) is 5.10 Å². The fourth-order valence-corrected chi connectivity index (χ4v) is 2.33. The maximum Gasteiger partial charge on any atom is 0.178 e.